The number of rotatable bonds is 2. The van der Waals surface area contributed by atoms with Gasteiger partial charge < -0.3 is 7.65 Å². The van der Waals surface area contributed by atoms with E-state index in [0.29, 0.717) is 5.92 Å². The summed E-state index contributed by atoms with van der Waals surface area (Å²) in [5.74, 6) is 0.480. The predicted octanol–water partition coefficient (Wildman–Crippen LogP) is 2.35. The zero-order valence-corrected chi connectivity index (χ0v) is 10.4. The second-order valence-corrected chi connectivity index (χ2v) is 3.28. The molecule has 1 rings (SSSR count). The minimum Gasteiger partial charge on any atom is -1.00 e. The molecule has 13 heavy (non-hydrogen) atoms. The minimum absolute atomic E-state index is 0. The number of allylic oxidation sites excluding steroid dienone is 6. The smallest absolute Gasteiger partial charge is 1.00 e. The van der Waals surface area contributed by atoms with Crippen LogP contribution in [0.3, 0.4) is 0 Å². The molecule has 1 atom stereocenters. The Balaban J connectivity index is -0.000000480. The van der Waals surface area contributed by atoms with E-state index >= 15 is 0 Å². The Labute approximate surface area is 113 Å². The molecule has 0 fully saturated rings. The molecule has 68 valence electrons. The van der Waals surface area contributed by atoms with Gasteiger partial charge in [-0.25, -0.2) is 0 Å². The number of hydrogen-bond donors (Lipinski definition) is 0. The van der Waals surface area contributed by atoms with Gasteiger partial charge in [0.2, 0.25) is 0 Å². The summed E-state index contributed by atoms with van der Waals surface area (Å²) in [7, 11) is 0. The van der Waals surface area contributed by atoms with Crippen LogP contribution >= 0.6 is 0 Å². The van der Waals surface area contributed by atoms with Crippen LogP contribution in [0.15, 0.2) is 36.0 Å². The first kappa shape index (κ1) is 13.1. The molecule has 0 saturated heterocycles. The van der Waals surface area contributed by atoms with Crippen molar-refractivity contribution in [2.75, 3.05) is 0 Å². The van der Waals surface area contributed by atoms with Crippen molar-refractivity contribution >= 4 is 44.0 Å². The Morgan fingerprint density at radius 2 is 2.15 bits per heavy atom. The van der Waals surface area contributed by atoms with Crippen molar-refractivity contribution in [3.63, 3.8) is 0 Å². The van der Waals surface area contributed by atoms with Gasteiger partial charge in [-0.05, 0) is 11.5 Å². The fourth-order valence-corrected chi connectivity index (χ4v) is 1.11. The third-order valence-corrected chi connectivity index (χ3v) is 1.96. The van der Waals surface area contributed by atoms with Gasteiger partial charge in [-0.3, -0.25) is 0 Å². The van der Waals surface area contributed by atoms with Crippen LogP contribution in [0.25, 0.3) is 0 Å². The van der Waals surface area contributed by atoms with Gasteiger partial charge in [0.25, 0.3) is 0 Å². The van der Waals surface area contributed by atoms with E-state index in [1.54, 1.807) is 0 Å². The fraction of sp³-hybridized carbons (Fsp3) is 0.364. The van der Waals surface area contributed by atoms with Crippen molar-refractivity contribution < 1.29 is 7.65 Å². The molecule has 0 saturated carbocycles. The predicted molar refractivity (Wildman–Crippen MR) is 58.7 cm³/mol. The Morgan fingerprint density at radius 3 is 2.69 bits per heavy atom. The zero-order valence-electron chi connectivity index (χ0n) is 10.2. The Kier molecular flexibility index (Phi) is 6.66. The number of hydrogen-bond acceptors (Lipinski definition) is 1. The van der Waals surface area contributed by atoms with Crippen LogP contribution in [0.1, 0.15) is 16.7 Å². The molecule has 1 aliphatic carbocycles. The molecule has 0 N–H and O–H groups in total. The molecule has 0 heterocycles. The molecule has 0 spiro atoms. The van der Waals surface area contributed by atoms with E-state index in [4.69, 9.17) is 0 Å². The van der Waals surface area contributed by atoms with Crippen molar-refractivity contribution in [3.05, 3.63) is 36.0 Å². The molecule has 1 aliphatic rings. The average molecular weight is 204 g/mol. The van der Waals surface area contributed by atoms with Crippen LogP contribution in [0.4, 0.5) is 0 Å². The number of carbonyl (C=O) groups is 1. The molecule has 0 radical (unpaired) electrons. The Hall–Kier alpha value is 0.150. The van der Waals surface area contributed by atoms with Crippen molar-refractivity contribution in [1.82, 2.24) is 0 Å². The molecular formula is C11H16CaO. The van der Waals surface area contributed by atoms with E-state index in [1.165, 1.54) is 5.57 Å². The normalized spacial score (nSPS) is 20.5. The Bertz CT molecular complexity index is 257. The number of carbonyl (C=O) groups excluding carboxylic acids is 1. The summed E-state index contributed by atoms with van der Waals surface area (Å²) in [6, 6.07) is 0. The number of aldehydes is 1. The standard InChI is InChI=1S/C11H14O.Ca.2H/c1-9(2)11-5-3-4-10(8-12)6-7-11;;;/h3-10H,1-2H3;;;/q;+2;2*-1. The molecule has 1 unspecified atom stereocenters. The average Bonchev–Trinajstić information content (AvgIpc) is 2.28. The van der Waals surface area contributed by atoms with Crippen molar-refractivity contribution in [3.8, 4) is 0 Å². The summed E-state index contributed by atoms with van der Waals surface area (Å²) in [5.41, 5.74) is 1.27. The van der Waals surface area contributed by atoms with Gasteiger partial charge in [-0.1, -0.05) is 44.2 Å². The molecule has 0 bridgehead atoms. The van der Waals surface area contributed by atoms with E-state index in [9.17, 15) is 4.79 Å². The van der Waals surface area contributed by atoms with Gasteiger partial charge in [0.15, 0.2) is 0 Å². The summed E-state index contributed by atoms with van der Waals surface area (Å²) in [5, 5.41) is 0. The molecule has 2 heteroatoms. The monoisotopic (exact) mass is 204 g/mol. The molecule has 0 aliphatic heterocycles. The van der Waals surface area contributed by atoms with Crippen LogP contribution in [0.5, 0.6) is 0 Å². The van der Waals surface area contributed by atoms with E-state index < -0.39 is 0 Å². The van der Waals surface area contributed by atoms with Gasteiger partial charge in [-0.15, -0.1) is 0 Å². The fourth-order valence-electron chi connectivity index (χ4n) is 1.11. The SMILES string of the molecule is CC(C)C1=CC=CC(C=O)C=C1.[Ca+2].[H-].[H-]. The third kappa shape index (κ3) is 4.26. The van der Waals surface area contributed by atoms with Gasteiger partial charge in [0, 0.05) is 0 Å². The van der Waals surface area contributed by atoms with Gasteiger partial charge in [0.1, 0.15) is 6.29 Å². The maximum absolute atomic E-state index is 10.5. The van der Waals surface area contributed by atoms with Crippen LogP contribution in [0, 0.1) is 11.8 Å². The maximum Gasteiger partial charge on any atom is 2.00 e. The van der Waals surface area contributed by atoms with Crippen LogP contribution < -0.4 is 0 Å². The molecule has 0 aromatic rings. The summed E-state index contributed by atoms with van der Waals surface area (Å²) in [6.07, 6.45) is 10.8. The second kappa shape index (κ2) is 6.58. The third-order valence-electron chi connectivity index (χ3n) is 1.96. The summed E-state index contributed by atoms with van der Waals surface area (Å²) < 4.78 is 0. The summed E-state index contributed by atoms with van der Waals surface area (Å²) in [4.78, 5) is 10.5. The van der Waals surface area contributed by atoms with Gasteiger partial charge in [0.05, 0.1) is 5.92 Å². The van der Waals surface area contributed by atoms with Crippen molar-refractivity contribution in [1.29, 1.82) is 0 Å². The largest absolute Gasteiger partial charge is 2.00 e. The van der Waals surface area contributed by atoms with Crippen LogP contribution in [0.2, 0.25) is 0 Å². The molecule has 0 aromatic carbocycles. The van der Waals surface area contributed by atoms with E-state index in [-0.39, 0.29) is 46.5 Å². The molecule has 1 nitrogen and oxygen atoms in total. The topological polar surface area (TPSA) is 17.1 Å². The first-order valence-electron chi connectivity index (χ1n) is 4.26. The van der Waals surface area contributed by atoms with Crippen LogP contribution in [-0.2, 0) is 4.79 Å². The van der Waals surface area contributed by atoms with Gasteiger partial charge >= 0.3 is 37.7 Å². The Morgan fingerprint density at radius 1 is 1.46 bits per heavy atom. The molecular weight excluding hydrogens is 188 g/mol. The van der Waals surface area contributed by atoms with Gasteiger partial charge in [-0.2, -0.15) is 0 Å². The quantitative estimate of drug-likeness (QED) is 0.498. The van der Waals surface area contributed by atoms with E-state index in [2.05, 4.69) is 19.9 Å². The zero-order chi connectivity index (χ0) is 8.97. The van der Waals surface area contributed by atoms with Crippen LogP contribution in [-0.4, -0.2) is 44.0 Å². The van der Waals surface area contributed by atoms with Crippen molar-refractivity contribution in [2.24, 2.45) is 11.8 Å². The molecule has 0 amide bonds. The maximum atomic E-state index is 10.5. The van der Waals surface area contributed by atoms with E-state index in [0.717, 1.165) is 6.29 Å². The first-order valence-corrected chi connectivity index (χ1v) is 4.26. The second-order valence-electron chi connectivity index (χ2n) is 3.28. The summed E-state index contributed by atoms with van der Waals surface area (Å²) in [6.45, 7) is 4.29. The summed E-state index contributed by atoms with van der Waals surface area (Å²) >= 11 is 0. The molecule has 0 aromatic heterocycles. The van der Waals surface area contributed by atoms with E-state index in [1.807, 2.05) is 24.3 Å². The minimum atomic E-state index is -0.0440. The first-order chi connectivity index (χ1) is 5.74. The van der Waals surface area contributed by atoms with Crippen molar-refractivity contribution in [2.45, 2.75) is 13.8 Å².